The lowest BCUT2D eigenvalue weighted by Gasteiger charge is -2.14. The molecule has 0 aliphatic carbocycles. The number of aromatic hydroxyl groups is 1. The molecule has 3 aromatic rings. The van der Waals surface area contributed by atoms with Gasteiger partial charge >= 0.3 is 0 Å². The van der Waals surface area contributed by atoms with Gasteiger partial charge in [0.2, 0.25) is 5.96 Å². The van der Waals surface area contributed by atoms with Crippen LogP contribution in [0.15, 0.2) is 73.6 Å². The second kappa shape index (κ2) is 8.40. The number of guanidine groups is 1. The van der Waals surface area contributed by atoms with Crippen LogP contribution in [0.1, 0.15) is 0 Å². The lowest BCUT2D eigenvalue weighted by molar-refractivity contribution is 0.352. The summed E-state index contributed by atoms with van der Waals surface area (Å²) in [4.78, 5) is 5.79. The number of halogens is 2. The van der Waals surface area contributed by atoms with E-state index in [2.05, 4.69) is 30.8 Å². The van der Waals surface area contributed by atoms with Crippen LogP contribution in [0.3, 0.4) is 0 Å². The number of phenols is 1. The highest BCUT2D eigenvalue weighted by Crippen LogP contribution is 2.41. The van der Waals surface area contributed by atoms with E-state index in [-0.39, 0.29) is 39.5 Å². The van der Waals surface area contributed by atoms with Gasteiger partial charge in [0, 0.05) is 11.1 Å². The van der Waals surface area contributed by atoms with Crippen LogP contribution in [-0.2, 0) is 10.1 Å². The maximum atomic E-state index is 13.2. The number of hydrogen-bond acceptors (Lipinski definition) is 10. The Morgan fingerprint density at radius 2 is 1.85 bits per heavy atom. The lowest BCUT2D eigenvalue weighted by atomic mass is 10.1. The molecular formula is C19H15F2N7O4S. The third-order valence-electron chi connectivity index (χ3n) is 4.47. The van der Waals surface area contributed by atoms with Crippen molar-refractivity contribution in [2.45, 2.75) is 11.3 Å². The van der Waals surface area contributed by atoms with E-state index in [4.69, 9.17) is 5.73 Å². The molecule has 0 saturated carbocycles. The number of nitrogens with one attached hydrogen (secondary N) is 2. The summed E-state index contributed by atoms with van der Waals surface area (Å²) in [6.45, 7) is 0. The normalized spacial score (nSPS) is 16.4. The largest absolute Gasteiger partial charge is 0.507 e. The fraction of sp³-hybridized carbons (Fsp3) is 0.0526. The first-order valence-electron chi connectivity index (χ1n) is 9.14. The van der Waals surface area contributed by atoms with Crippen molar-refractivity contribution >= 4 is 55.7 Å². The number of nitrogens with two attached hydrogens (primary N) is 1. The quantitative estimate of drug-likeness (QED) is 0.165. The number of benzene rings is 3. The van der Waals surface area contributed by atoms with Crippen LogP contribution in [0.5, 0.6) is 5.75 Å². The third-order valence-corrected chi connectivity index (χ3v) is 5.34. The molecule has 33 heavy (non-hydrogen) atoms. The molecule has 11 nitrogen and oxygen atoms in total. The minimum Gasteiger partial charge on any atom is -0.507 e. The van der Waals surface area contributed by atoms with E-state index in [1.807, 2.05) is 0 Å². The lowest BCUT2D eigenvalue weighted by Crippen LogP contribution is -2.38. The highest BCUT2D eigenvalue weighted by Gasteiger charge is 2.22. The Labute approximate surface area is 185 Å². The van der Waals surface area contributed by atoms with Gasteiger partial charge in [-0.2, -0.15) is 32.3 Å². The Kier molecular flexibility index (Phi) is 5.61. The Morgan fingerprint density at radius 3 is 2.52 bits per heavy atom. The second-order valence-electron chi connectivity index (χ2n) is 6.69. The van der Waals surface area contributed by atoms with Gasteiger partial charge in [-0.1, -0.05) is 12.1 Å². The average molecular weight is 475 g/mol. The van der Waals surface area contributed by atoms with Crippen LogP contribution in [0.25, 0.3) is 10.8 Å². The van der Waals surface area contributed by atoms with Gasteiger partial charge in [0.05, 0.1) is 11.4 Å². The fourth-order valence-electron chi connectivity index (χ4n) is 3.04. The summed E-state index contributed by atoms with van der Waals surface area (Å²) < 4.78 is 59.7. The highest BCUT2D eigenvalue weighted by molar-refractivity contribution is 7.86. The number of nitrogens with zero attached hydrogens (tertiary/aromatic N) is 4. The smallest absolute Gasteiger partial charge is 0.296 e. The van der Waals surface area contributed by atoms with Crippen LogP contribution < -0.4 is 16.4 Å². The molecule has 1 atom stereocenters. The van der Waals surface area contributed by atoms with Crippen LogP contribution in [0.2, 0.25) is 0 Å². The predicted molar refractivity (Wildman–Crippen MR) is 118 cm³/mol. The Balaban J connectivity index is 1.65. The van der Waals surface area contributed by atoms with Crippen molar-refractivity contribution in [3.05, 3.63) is 48.5 Å². The van der Waals surface area contributed by atoms with E-state index in [1.54, 1.807) is 0 Å². The number of nitrogen functional groups attached to an aromatic ring is 1. The molecule has 0 fully saturated rings. The zero-order valence-corrected chi connectivity index (χ0v) is 17.3. The first-order chi connectivity index (χ1) is 15.6. The van der Waals surface area contributed by atoms with Gasteiger partial charge in [0.1, 0.15) is 16.3 Å². The van der Waals surface area contributed by atoms with Crippen LogP contribution in [-0.4, -0.2) is 36.5 Å². The number of amidine groups is 1. The maximum absolute atomic E-state index is 13.2. The number of hydrogen-bond donors (Lipinski definition) is 5. The number of rotatable bonds is 4. The van der Waals surface area contributed by atoms with Crippen molar-refractivity contribution in [1.82, 2.24) is 5.32 Å². The van der Waals surface area contributed by atoms with Gasteiger partial charge in [-0.05, 0) is 41.8 Å². The summed E-state index contributed by atoms with van der Waals surface area (Å²) in [5, 5.41) is 23.1. The van der Waals surface area contributed by atoms with Gasteiger partial charge in [-0.25, -0.2) is 0 Å². The molecule has 6 N–H and O–H groups in total. The zero-order chi connectivity index (χ0) is 23.8. The first-order valence-corrected chi connectivity index (χ1v) is 10.6. The zero-order valence-electron chi connectivity index (χ0n) is 16.4. The van der Waals surface area contributed by atoms with Crippen molar-refractivity contribution in [1.29, 1.82) is 0 Å². The Morgan fingerprint density at radius 1 is 1.12 bits per heavy atom. The van der Waals surface area contributed by atoms with Crippen LogP contribution in [0.4, 0.5) is 31.5 Å². The summed E-state index contributed by atoms with van der Waals surface area (Å²) in [5.41, 5.74) is 6.16. The first kappa shape index (κ1) is 22.0. The van der Waals surface area contributed by atoms with E-state index in [0.717, 1.165) is 6.07 Å². The molecule has 14 heteroatoms. The molecule has 0 bridgehead atoms. The molecule has 1 aliphatic heterocycles. The van der Waals surface area contributed by atoms with E-state index >= 15 is 0 Å². The molecular weight excluding hydrogens is 460 g/mol. The molecule has 0 amide bonds. The van der Waals surface area contributed by atoms with E-state index in [0.29, 0.717) is 5.69 Å². The SMILES string of the molecule is Nc1c(N=Nc2ccc(NC3=NC(F)N=C(F)N3)cc2)c(S(=O)(=O)O)cc2cccc(O)c12. The predicted octanol–water partition coefficient (Wildman–Crippen LogP) is 3.74. The molecule has 4 rings (SSSR count). The number of alkyl halides is 1. The maximum Gasteiger partial charge on any atom is 0.296 e. The number of phenolic OH excluding ortho intramolecular Hbond substituents is 1. The summed E-state index contributed by atoms with van der Waals surface area (Å²) in [6.07, 6.45) is -3.19. The van der Waals surface area contributed by atoms with Crippen LogP contribution >= 0.6 is 0 Å². The number of fused-ring (bicyclic) bond motifs is 1. The second-order valence-corrected chi connectivity index (χ2v) is 8.08. The third kappa shape index (κ3) is 4.70. The van der Waals surface area contributed by atoms with Crippen LogP contribution in [0, 0.1) is 0 Å². The standard InChI is InChI=1S/C19H15F2N7O4S/c20-17-24-18(21)26-19(25-17)23-10-4-6-11(7-5-10)27-28-16-13(33(30,31)32)8-9-2-1-3-12(29)14(9)15(16)22/h1-8,17,29H,22H2,(H,30,31,32)(H2,23,24,25,26). The Bertz CT molecular complexity index is 1440. The molecule has 0 aromatic heterocycles. The average Bonchev–Trinajstić information content (AvgIpc) is 2.72. The van der Waals surface area contributed by atoms with Crippen molar-refractivity contribution in [2.24, 2.45) is 20.2 Å². The van der Waals surface area contributed by atoms with Crippen molar-refractivity contribution < 1.29 is 26.9 Å². The van der Waals surface area contributed by atoms with E-state index in [9.17, 15) is 26.9 Å². The van der Waals surface area contributed by atoms with E-state index < -0.39 is 27.5 Å². The van der Waals surface area contributed by atoms with Gasteiger partial charge in [0.25, 0.3) is 22.6 Å². The summed E-state index contributed by atoms with van der Waals surface area (Å²) in [6, 6.07) is 11.4. The van der Waals surface area contributed by atoms with Crippen molar-refractivity contribution in [3.8, 4) is 5.75 Å². The fourth-order valence-corrected chi connectivity index (χ4v) is 3.71. The molecule has 3 aromatic carbocycles. The van der Waals surface area contributed by atoms with Gasteiger partial charge in [-0.3, -0.25) is 9.87 Å². The molecule has 0 spiro atoms. The van der Waals surface area contributed by atoms with Gasteiger partial charge < -0.3 is 16.2 Å². The number of anilines is 2. The number of aliphatic imine (C=N–C) groups is 2. The molecule has 1 aliphatic rings. The molecule has 0 saturated heterocycles. The van der Waals surface area contributed by atoms with Gasteiger partial charge in [0.15, 0.2) is 0 Å². The van der Waals surface area contributed by atoms with E-state index in [1.165, 1.54) is 42.5 Å². The summed E-state index contributed by atoms with van der Waals surface area (Å²) in [7, 11) is -4.71. The molecule has 170 valence electrons. The minimum absolute atomic E-state index is 0.154. The van der Waals surface area contributed by atoms with Crippen molar-refractivity contribution in [2.75, 3.05) is 11.1 Å². The van der Waals surface area contributed by atoms with Gasteiger partial charge in [-0.15, -0.1) is 5.11 Å². The van der Waals surface area contributed by atoms with Crippen molar-refractivity contribution in [3.63, 3.8) is 0 Å². The topological polar surface area (TPSA) is 174 Å². The Hall–Kier alpha value is -4.17. The highest BCUT2D eigenvalue weighted by atomic mass is 32.2. The minimum atomic E-state index is -4.71. The molecule has 1 heterocycles. The number of azo groups is 1. The summed E-state index contributed by atoms with van der Waals surface area (Å²) in [5.74, 6) is -0.388. The molecule has 1 unspecified atom stereocenters. The molecule has 0 radical (unpaired) electrons. The summed E-state index contributed by atoms with van der Waals surface area (Å²) >= 11 is 0. The monoisotopic (exact) mass is 475 g/mol.